The van der Waals surface area contributed by atoms with Gasteiger partial charge in [0.05, 0.1) is 0 Å². The minimum atomic E-state index is 0.784. The fourth-order valence-electron chi connectivity index (χ4n) is 1.86. The highest BCUT2D eigenvalue weighted by atomic mass is 32.2. The van der Waals surface area contributed by atoms with Gasteiger partial charge in [0.25, 0.3) is 0 Å². The first-order valence-corrected chi connectivity index (χ1v) is 8.03. The summed E-state index contributed by atoms with van der Waals surface area (Å²) >= 11 is 1.84. The summed E-state index contributed by atoms with van der Waals surface area (Å²) in [6.45, 7) is 1.67. The van der Waals surface area contributed by atoms with Gasteiger partial charge < -0.3 is 10.6 Å². The molecule has 0 unspecified atom stereocenters. The van der Waals surface area contributed by atoms with Gasteiger partial charge in [0, 0.05) is 30.8 Å². The zero-order chi connectivity index (χ0) is 14.8. The molecule has 2 N–H and O–H groups in total. The molecule has 0 amide bonds. The molecule has 21 heavy (non-hydrogen) atoms. The molecule has 4 heteroatoms. The average molecular weight is 299 g/mol. The van der Waals surface area contributed by atoms with Gasteiger partial charge in [-0.3, -0.25) is 4.99 Å². The number of guanidine groups is 1. The van der Waals surface area contributed by atoms with E-state index in [9.17, 15) is 0 Å². The predicted octanol–water partition coefficient (Wildman–Crippen LogP) is 3.14. The Morgan fingerprint density at radius 3 is 2.29 bits per heavy atom. The molecule has 2 rings (SSSR count). The van der Waals surface area contributed by atoms with Crippen LogP contribution in [0.25, 0.3) is 0 Å². The first-order chi connectivity index (χ1) is 10.4. The van der Waals surface area contributed by atoms with Crippen LogP contribution in [0.3, 0.4) is 0 Å². The summed E-state index contributed by atoms with van der Waals surface area (Å²) < 4.78 is 0. The Hall–Kier alpha value is -1.94. The lowest BCUT2D eigenvalue weighted by Crippen LogP contribution is -2.37. The minimum Gasteiger partial charge on any atom is -0.356 e. The van der Waals surface area contributed by atoms with E-state index in [4.69, 9.17) is 0 Å². The molecular weight excluding hydrogens is 278 g/mol. The van der Waals surface area contributed by atoms with Crippen molar-refractivity contribution in [3.63, 3.8) is 0 Å². The largest absolute Gasteiger partial charge is 0.356 e. The van der Waals surface area contributed by atoms with Gasteiger partial charge >= 0.3 is 0 Å². The first kappa shape index (κ1) is 15.4. The van der Waals surface area contributed by atoms with E-state index in [-0.39, 0.29) is 0 Å². The molecule has 3 nitrogen and oxygen atoms in total. The molecule has 0 aliphatic heterocycles. The number of nitrogens with zero attached hydrogens (tertiary/aromatic N) is 1. The van der Waals surface area contributed by atoms with Gasteiger partial charge in [0.2, 0.25) is 0 Å². The predicted molar refractivity (Wildman–Crippen MR) is 91.8 cm³/mol. The third-order valence-corrected chi connectivity index (χ3v) is 3.95. The molecule has 0 saturated carbocycles. The second-order valence-corrected chi connectivity index (χ2v) is 5.67. The van der Waals surface area contributed by atoms with Crippen LogP contribution in [0.1, 0.15) is 5.56 Å². The highest BCUT2D eigenvalue weighted by Crippen LogP contribution is 2.15. The van der Waals surface area contributed by atoms with E-state index < -0.39 is 0 Å². The van der Waals surface area contributed by atoms with Crippen LogP contribution in [0.2, 0.25) is 0 Å². The smallest absolute Gasteiger partial charge is 0.191 e. The molecule has 0 aliphatic rings. The second kappa shape index (κ2) is 9.08. The van der Waals surface area contributed by atoms with Gasteiger partial charge in [-0.15, -0.1) is 11.8 Å². The van der Waals surface area contributed by atoms with Crippen LogP contribution in [-0.2, 0) is 6.54 Å². The van der Waals surface area contributed by atoms with E-state index in [1.165, 1.54) is 10.5 Å². The Morgan fingerprint density at radius 1 is 0.952 bits per heavy atom. The molecule has 0 radical (unpaired) electrons. The molecule has 2 aromatic rings. The summed E-state index contributed by atoms with van der Waals surface area (Å²) in [7, 11) is 1.80. The molecule has 0 heterocycles. The van der Waals surface area contributed by atoms with Crippen LogP contribution in [0.15, 0.2) is 70.6 Å². The number of rotatable bonds is 6. The quantitative estimate of drug-likeness (QED) is 0.372. The second-order valence-electron chi connectivity index (χ2n) is 4.50. The van der Waals surface area contributed by atoms with E-state index in [0.717, 1.165) is 24.8 Å². The Labute approximate surface area is 130 Å². The van der Waals surface area contributed by atoms with Gasteiger partial charge in [-0.25, -0.2) is 0 Å². The Bertz CT molecular complexity index is 540. The summed E-state index contributed by atoms with van der Waals surface area (Å²) in [6.07, 6.45) is 0. The number of hydrogen-bond donors (Lipinski definition) is 2. The molecule has 2 aromatic carbocycles. The Morgan fingerprint density at radius 2 is 1.62 bits per heavy atom. The van der Waals surface area contributed by atoms with Crippen molar-refractivity contribution < 1.29 is 0 Å². The summed E-state index contributed by atoms with van der Waals surface area (Å²) in [5, 5.41) is 6.64. The monoisotopic (exact) mass is 299 g/mol. The standard InChI is InChI=1S/C17H21N3S/c1-18-17(20-14-15-8-4-2-5-9-15)19-12-13-21-16-10-6-3-7-11-16/h2-11H,12-14H2,1H3,(H2,18,19,20). The van der Waals surface area contributed by atoms with E-state index in [1.807, 2.05) is 36.0 Å². The maximum Gasteiger partial charge on any atom is 0.191 e. The van der Waals surface area contributed by atoms with Crippen molar-refractivity contribution in [2.45, 2.75) is 11.4 Å². The number of aliphatic imine (C=N–C) groups is 1. The van der Waals surface area contributed by atoms with Crippen molar-refractivity contribution >= 4 is 17.7 Å². The lowest BCUT2D eigenvalue weighted by molar-refractivity contribution is 0.833. The highest BCUT2D eigenvalue weighted by molar-refractivity contribution is 7.99. The van der Waals surface area contributed by atoms with Crippen LogP contribution in [-0.4, -0.2) is 25.3 Å². The minimum absolute atomic E-state index is 0.784. The van der Waals surface area contributed by atoms with E-state index in [2.05, 4.69) is 52.0 Å². The van der Waals surface area contributed by atoms with Gasteiger partial charge in [-0.05, 0) is 17.7 Å². The molecule has 0 spiro atoms. The summed E-state index contributed by atoms with van der Waals surface area (Å²) in [5.74, 6) is 1.85. The molecule has 0 saturated heterocycles. The Kier molecular flexibility index (Phi) is 6.68. The molecule has 0 aliphatic carbocycles. The number of benzene rings is 2. The van der Waals surface area contributed by atoms with Crippen LogP contribution >= 0.6 is 11.8 Å². The van der Waals surface area contributed by atoms with Crippen molar-refractivity contribution in [1.82, 2.24) is 10.6 Å². The van der Waals surface area contributed by atoms with E-state index >= 15 is 0 Å². The van der Waals surface area contributed by atoms with E-state index in [1.54, 1.807) is 7.05 Å². The lowest BCUT2D eigenvalue weighted by atomic mass is 10.2. The summed E-state index contributed by atoms with van der Waals surface area (Å²) in [4.78, 5) is 5.53. The third kappa shape index (κ3) is 5.92. The van der Waals surface area contributed by atoms with Crippen molar-refractivity contribution in [3.05, 3.63) is 66.2 Å². The topological polar surface area (TPSA) is 36.4 Å². The normalized spacial score (nSPS) is 11.2. The van der Waals surface area contributed by atoms with Crippen LogP contribution in [0.4, 0.5) is 0 Å². The number of nitrogens with one attached hydrogen (secondary N) is 2. The van der Waals surface area contributed by atoms with E-state index in [0.29, 0.717) is 0 Å². The fraction of sp³-hybridized carbons (Fsp3) is 0.235. The molecule has 110 valence electrons. The zero-order valence-electron chi connectivity index (χ0n) is 12.3. The van der Waals surface area contributed by atoms with Crippen LogP contribution in [0, 0.1) is 0 Å². The summed E-state index contributed by atoms with van der Waals surface area (Å²) in [6, 6.07) is 20.8. The van der Waals surface area contributed by atoms with Crippen molar-refractivity contribution in [1.29, 1.82) is 0 Å². The van der Waals surface area contributed by atoms with Crippen LogP contribution < -0.4 is 10.6 Å². The first-order valence-electron chi connectivity index (χ1n) is 7.05. The van der Waals surface area contributed by atoms with Gasteiger partial charge in [-0.2, -0.15) is 0 Å². The third-order valence-electron chi connectivity index (χ3n) is 2.93. The van der Waals surface area contributed by atoms with Gasteiger partial charge in [-0.1, -0.05) is 48.5 Å². The fourth-order valence-corrected chi connectivity index (χ4v) is 2.65. The number of thioether (sulfide) groups is 1. The molecular formula is C17H21N3S. The molecule has 0 bridgehead atoms. The van der Waals surface area contributed by atoms with Crippen LogP contribution in [0.5, 0.6) is 0 Å². The molecule has 0 aromatic heterocycles. The maximum atomic E-state index is 4.23. The zero-order valence-corrected chi connectivity index (χ0v) is 13.1. The Balaban J connectivity index is 1.66. The van der Waals surface area contributed by atoms with Crippen molar-refractivity contribution in [3.8, 4) is 0 Å². The molecule has 0 atom stereocenters. The SMILES string of the molecule is CN=C(NCCSc1ccccc1)NCc1ccccc1. The maximum absolute atomic E-state index is 4.23. The molecule has 0 fully saturated rings. The summed E-state index contributed by atoms with van der Waals surface area (Å²) in [5.41, 5.74) is 1.25. The highest BCUT2D eigenvalue weighted by Gasteiger charge is 1.98. The van der Waals surface area contributed by atoms with Crippen molar-refractivity contribution in [2.75, 3.05) is 19.3 Å². The lowest BCUT2D eigenvalue weighted by Gasteiger charge is -2.11. The van der Waals surface area contributed by atoms with Gasteiger partial charge in [0.15, 0.2) is 5.96 Å². The average Bonchev–Trinajstić information content (AvgIpc) is 2.56. The number of hydrogen-bond acceptors (Lipinski definition) is 2. The van der Waals surface area contributed by atoms with Crippen molar-refractivity contribution in [2.24, 2.45) is 4.99 Å². The van der Waals surface area contributed by atoms with Gasteiger partial charge in [0.1, 0.15) is 0 Å².